The highest BCUT2D eigenvalue weighted by atomic mass is 19.1. The molecule has 1 atom stereocenters. The first-order valence-corrected chi connectivity index (χ1v) is 7.21. The first-order valence-electron chi connectivity index (χ1n) is 7.21. The van der Waals surface area contributed by atoms with Gasteiger partial charge >= 0.3 is 5.69 Å². The topological polar surface area (TPSA) is 44.0 Å². The van der Waals surface area contributed by atoms with Gasteiger partial charge in [0.25, 0.3) is 5.56 Å². The minimum Gasteiger partial charge on any atom is -0.296 e. The molecule has 5 heteroatoms. The first-order chi connectivity index (χ1) is 10.5. The maximum absolute atomic E-state index is 13.0. The summed E-state index contributed by atoms with van der Waals surface area (Å²) < 4.78 is 15.7. The Morgan fingerprint density at radius 3 is 2.77 bits per heavy atom. The Kier molecular flexibility index (Phi) is 3.56. The second-order valence-corrected chi connectivity index (χ2v) is 5.72. The van der Waals surface area contributed by atoms with Gasteiger partial charge in [0.15, 0.2) is 0 Å². The largest absolute Gasteiger partial charge is 0.331 e. The van der Waals surface area contributed by atoms with Crippen molar-refractivity contribution in [3.05, 3.63) is 68.7 Å². The van der Waals surface area contributed by atoms with E-state index in [2.05, 4.69) is 0 Å². The number of benzene rings is 1. The molecule has 1 aliphatic carbocycles. The molecule has 1 heterocycles. The van der Waals surface area contributed by atoms with Gasteiger partial charge in [-0.25, -0.2) is 9.18 Å². The maximum atomic E-state index is 13.0. The van der Waals surface area contributed by atoms with Crippen molar-refractivity contribution in [3.8, 4) is 0 Å². The fourth-order valence-corrected chi connectivity index (χ4v) is 2.80. The summed E-state index contributed by atoms with van der Waals surface area (Å²) in [5.41, 5.74) is 0.967. The third-order valence-corrected chi connectivity index (χ3v) is 4.07. The summed E-state index contributed by atoms with van der Waals surface area (Å²) in [7, 11) is 1.66. The molecule has 0 saturated heterocycles. The van der Waals surface area contributed by atoms with E-state index in [0.29, 0.717) is 17.3 Å². The van der Waals surface area contributed by atoms with Gasteiger partial charge in [0, 0.05) is 13.6 Å². The average molecular weight is 300 g/mol. The van der Waals surface area contributed by atoms with E-state index in [0.717, 1.165) is 5.56 Å². The lowest BCUT2D eigenvalue weighted by Crippen LogP contribution is -2.40. The van der Waals surface area contributed by atoms with E-state index in [9.17, 15) is 14.0 Å². The molecule has 0 amide bonds. The van der Waals surface area contributed by atoms with Gasteiger partial charge in [-0.3, -0.25) is 13.9 Å². The van der Waals surface area contributed by atoms with Crippen molar-refractivity contribution in [3.63, 3.8) is 0 Å². The lowest BCUT2D eigenvalue weighted by atomic mass is 10.0. The zero-order valence-corrected chi connectivity index (χ0v) is 12.5. The van der Waals surface area contributed by atoms with Crippen LogP contribution in [0.2, 0.25) is 0 Å². The summed E-state index contributed by atoms with van der Waals surface area (Å²) in [5, 5.41) is 0.531. The Hall–Kier alpha value is -2.43. The second kappa shape index (κ2) is 5.40. The van der Waals surface area contributed by atoms with Gasteiger partial charge in [-0.1, -0.05) is 17.7 Å². The van der Waals surface area contributed by atoms with Gasteiger partial charge < -0.3 is 0 Å². The number of aromatic nitrogens is 2. The Labute approximate surface area is 126 Å². The van der Waals surface area contributed by atoms with Gasteiger partial charge in [-0.05, 0) is 43.5 Å². The van der Waals surface area contributed by atoms with Crippen LogP contribution < -0.4 is 11.2 Å². The molecule has 0 fully saturated rings. The van der Waals surface area contributed by atoms with Crippen LogP contribution in [-0.2, 0) is 13.6 Å². The lowest BCUT2D eigenvalue weighted by Gasteiger charge is -2.16. The predicted molar refractivity (Wildman–Crippen MR) is 84.6 cm³/mol. The molecule has 0 bridgehead atoms. The van der Waals surface area contributed by atoms with Crippen molar-refractivity contribution in [1.82, 2.24) is 9.13 Å². The monoisotopic (exact) mass is 300 g/mol. The smallest absolute Gasteiger partial charge is 0.296 e. The third kappa shape index (κ3) is 2.43. The fourth-order valence-electron chi connectivity index (χ4n) is 2.80. The van der Waals surface area contributed by atoms with Gasteiger partial charge in [0.05, 0.1) is 10.9 Å². The highest BCUT2D eigenvalue weighted by Gasteiger charge is 2.15. The second-order valence-electron chi connectivity index (χ2n) is 5.72. The maximum Gasteiger partial charge on any atom is 0.331 e. The number of hydrogen-bond donors (Lipinski definition) is 0. The van der Waals surface area contributed by atoms with Crippen molar-refractivity contribution in [1.29, 1.82) is 0 Å². The predicted octanol–water partition coefficient (Wildman–Crippen LogP) is 2.44. The SMILES string of the molecule is Cc1ccc2c(c1)c(=O)n(CC1C=CC(F)=CC1)c(=O)n2C. The molecule has 0 spiro atoms. The molecule has 1 aliphatic rings. The molecule has 1 aromatic heterocycles. The fraction of sp³-hybridized carbons (Fsp3) is 0.294. The standard InChI is InChI=1S/C17H17FN2O2/c1-11-3-8-15-14(9-11)16(21)20(17(22)19(15)2)10-12-4-6-13(18)7-5-12/h3-4,6-9,12H,5,10H2,1-2H3. The highest BCUT2D eigenvalue weighted by Crippen LogP contribution is 2.18. The molecule has 0 N–H and O–H groups in total. The number of allylic oxidation sites excluding steroid dienone is 4. The van der Waals surface area contributed by atoms with E-state index in [-0.39, 0.29) is 29.5 Å². The van der Waals surface area contributed by atoms with Crippen molar-refractivity contribution in [2.24, 2.45) is 13.0 Å². The zero-order valence-electron chi connectivity index (χ0n) is 12.5. The number of aryl methyl sites for hydroxylation is 2. The normalized spacial score (nSPS) is 17.8. The number of nitrogens with zero attached hydrogens (tertiary/aromatic N) is 2. The molecular weight excluding hydrogens is 283 g/mol. The minimum atomic E-state index is -0.343. The van der Waals surface area contributed by atoms with Gasteiger partial charge in [0.1, 0.15) is 5.83 Å². The third-order valence-electron chi connectivity index (χ3n) is 4.07. The Morgan fingerprint density at radius 1 is 1.32 bits per heavy atom. The van der Waals surface area contributed by atoms with Gasteiger partial charge in [-0.2, -0.15) is 0 Å². The van der Waals surface area contributed by atoms with Crippen LogP contribution in [0.5, 0.6) is 0 Å². The lowest BCUT2D eigenvalue weighted by molar-refractivity contribution is 0.484. The van der Waals surface area contributed by atoms with Crippen LogP contribution in [0.1, 0.15) is 12.0 Å². The van der Waals surface area contributed by atoms with Crippen LogP contribution in [0.25, 0.3) is 10.9 Å². The molecule has 114 valence electrons. The summed E-state index contributed by atoms with van der Waals surface area (Å²) in [5.74, 6) is -0.321. The van der Waals surface area contributed by atoms with Crippen LogP contribution in [0.15, 0.2) is 51.8 Å². The molecule has 0 saturated carbocycles. The summed E-state index contributed by atoms with van der Waals surface area (Å²) in [6.07, 6.45) is 5.06. The molecule has 1 aromatic carbocycles. The van der Waals surface area contributed by atoms with Gasteiger partial charge in [0.2, 0.25) is 0 Å². The van der Waals surface area contributed by atoms with Crippen molar-refractivity contribution in [2.75, 3.05) is 0 Å². The first kappa shape index (κ1) is 14.5. The van der Waals surface area contributed by atoms with Crippen molar-refractivity contribution in [2.45, 2.75) is 19.9 Å². The highest BCUT2D eigenvalue weighted by molar-refractivity contribution is 5.78. The van der Waals surface area contributed by atoms with Crippen LogP contribution in [0.3, 0.4) is 0 Å². The quantitative estimate of drug-likeness (QED) is 0.855. The van der Waals surface area contributed by atoms with Gasteiger partial charge in [-0.15, -0.1) is 0 Å². The number of fused-ring (bicyclic) bond motifs is 1. The van der Waals surface area contributed by atoms with Crippen LogP contribution in [0, 0.1) is 12.8 Å². The van der Waals surface area contributed by atoms with E-state index in [1.807, 2.05) is 13.0 Å². The summed E-state index contributed by atoms with van der Waals surface area (Å²) in [6, 6.07) is 5.46. The number of rotatable bonds is 2. The van der Waals surface area contributed by atoms with E-state index < -0.39 is 0 Å². The molecule has 1 unspecified atom stereocenters. The molecular formula is C17H17FN2O2. The molecule has 0 radical (unpaired) electrons. The molecule has 0 aliphatic heterocycles. The Morgan fingerprint density at radius 2 is 2.09 bits per heavy atom. The van der Waals surface area contributed by atoms with Crippen molar-refractivity contribution < 1.29 is 4.39 Å². The number of hydrogen-bond acceptors (Lipinski definition) is 2. The Balaban J connectivity index is 2.12. The summed E-state index contributed by atoms with van der Waals surface area (Å²) in [4.78, 5) is 25.1. The zero-order chi connectivity index (χ0) is 15.9. The van der Waals surface area contributed by atoms with E-state index in [4.69, 9.17) is 0 Å². The molecule has 4 nitrogen and oxygen atoms in total. The summed E-state index contributed by atoms with van der Waals surface area (Å²) >= 11 is 0. The van der Waals surface area contributed by atoms with Crippen LogP contribution >= 0.6 is 0 Å². The van der Waals surface area contributed by atoms with Crippen LogP contribution in [0.4, 0.5) is 4.39 Å². The van der Waals surface area contributed by atoms with Crippen molar-refractivity contribution >= 4 is 10.9 Å². The average Bonchev–Trinajstić information content (AvgIpc) is 2.51. The van der Waals surface area contributed by atoms with E-state index in [1.54, 1.807) is 25.3 Å². The molecule has 2 aromatic rings. The Bertz CT molecular complexity index is 919. The summed E-state index contributed by atoms with van der Waals surface area (Å²) in [6.45, 7) is 2.17. The van der Waals surface area contributed by atoms with E-state index >= 15 is 0 Å². The van der Waals surface area contributed by atoms with Crippen LogP contribution in [-0.4, -0.2) is 9.13 Å². The molecule has 3 rings (SSSR count). The number of halogens is 1. The minimum absolute atomic E-state index is 0.0489. The molecule has 22 heavy (non-hydrogen) atoms. The van der Waals surface area contributed by atoms with E-state index in [1.165, 1.54) is 21.3 Å².